The number of carbonyl (C=O) groups excluding carboxylic acids is 1. The van der Waals surface area contributed by atoms with Gasteiger partial charge in [0.1, 0.15) is 12.4 Å². The number of aromatic nitrogens is 1. The first-order valence-electron chi connectivity index (χ1n) is 13.5. The predicted octanol–water partition coefficient (Wildman–Crippen LogP) is 7.13. The average Bonchev–Trinajstić information content (AvgIpc) is 3.30. The highest BCUT2D eigenvalue weighted by Crippen LogP contribution is 2.41. The van der Waals surface area contributed by atoms with Gasteiger partial charge in [-0.3, -0.25) is 9.36 Å². The maximum absolute atomic E-state index is 14.3. The first-order valence-corrected chi connectivity index (χ1v) is 18.1. The summed E-state index contributed by atoms with van der Waals surface area (Å²) in [6.07, 6.45) is 1.83. The van der Waals surface area contributed by atoms with E-state index in [1.54, 1.807) is 37.7 Å². The van der Waals surface area contributed by atoms with Crippen LogP contribution in [0.15, 0.2) is 78.5 Å². The Hall–Kier alpha value is -2.21. The number of methoxy groups -OCH3 is 2. The number of hydrogen-bond donors (Lipinski definition) is 0. The number of hydrogen-bond acceptors (Lipinski definition) is 8. The molecule has 0 saturated heterocycles. The van der Waals surface area contributed by atoms with E-state index in [1.165, 1.54) is 18.4 Å². The van der Waals surface area contributed by atoms with E-state index in [9.17, 15) is 9.59 Å². The van der Waals surface area contributed by atoms with Crippen LogP contribution in [0.5, 0.6) is 17.2 Å². The normalized spacial score (nSPS) is 14.6. The van der Waals surface area contributed by atoms with Crippen molar-refractivity contribution in [1.29, 1.82) is 0 Å². The summed E-state index contributed by atoms with van der Waals surface area (Å²) < 4.78 is 28.4. The third-order valence-electron chi connectivity index (χ3n) is 6.93. The van der Waals surface area contributed by atoms with Gasteiger partial charge in [-0.05, 0) is 113 Å². The van der Waals surface area contributed by atoms with Crippen molar-refractivity contribution in [3.05, 3.63) is 112 Å². The summed E-state index contributed by atoms with van der Waals surface area (Å²) in [6, 6.07) is 14.6. The zero-order chi connectivity index (χ0) is 32.4. The highest BCUT2D eigenvalue weighted by Gasteiger charge is 2.35. The number of fused-ring (bicyclic) bond motifs is 1. The second-order valence-corrected chi connectivity index (χ2v) is 14.9. The number of thiazole rings is 1. The van der Waals surface area contributed by atoms with Gasteiger partial charge in [0.15, 0.2) is 16.3 Å². The van der Waals surface area contributed by atoms with Crippen molar-refractivity contribution in [2.75, 3.05) is 20.8 Å². The van der Waals surface area contributed by atoms with Gasteiger partial charge in [0, 0.05) is 18.1 Å². The lowest BCUT2D eigenvalue weighted by Gasteiger charge is -2.26. The van der Waals surface area contributed by atoms with Crippen molar-refractivity contribution in [3.63, 3.8) is 0 Å². The highest BCUT2D eigenvalue weighted by atomic mass is 127. The van der Waals surface area contributed by atoms with Crippen molar-refractivity contribution in [1.82, 2.24) is 4.57 Å². The maximum Gasteiger partial charge on any atom is 0.338 e. The second-order valence-electron chi connectivity index (χ2n) is 9.75. The van der Waals surface area contributed by atoms with Gasteiger partial charge in [-0.1, -0.05) is 55.3 Å². The van der Waals surface area contributed by atoms with E-state index in [0.717, 1.165) is 22.7 Å². The summed E-state index contributed by atoms with van der Waals surface area (Å²) in [5, 5.41) is 0. The van der Waals surface area contributed by atoms with Crippen molar-refractivity contribution in [2.45, 2.75) is 26.5 Å². The average molecular weight is 980 g/mol. The molecule has 13 heteroatoms. The molecule has 1 aliphatic heterocycles. The Morgan fingerprint density at radius 1 is 1.07 bits per heavy atom. The Labute approximate surface area is 307 Å². The lowest BCUT2D eigenvalue weighted by atomic mass is 9.95. The topological polar surface area (TPSA) is 88.4 Å². The van der Waals surface area contributed by atoms with E-state index in [0.29, 0.717) is 48.9 Å². The highest BCUT2D eigenvalue weighted by molar-refractivity contribution is 14.1. The molecule has 0 bridgehead atoms. The maximum atomic E-state index is 14.3. The number of rotatable bonds is 9. The van der Waals surface area contributed by atoms with Gasteiger partial charge in [0.25, 0.3) is 5.56 Å². The van der Waals surface area contributed by atoms with Crippen LogP contribution in [0, 0.1) is 7.14 Å². The number of esters is 1. The molecule has 4 aromatic rings. The van der Waals surface area contributed by atoms with E-state index < -0.39 is 12.0 Å². The Kier molecular flexibility index (Phi) is 11.1. The van der Waals surface area contributed by atoms with Crippen LogP contribution >= 0.6 is 88.4 Å². The summed E-state index contributed by atoms with van der Waals surface area (Å²) in [6.45, 7) is 4.03. The number of allylic oxidation sites excluding steroid dienone is 1. The Morgan fingerprint density at radius 3 is 2.42 bits per heavy atom. The molecule has 5 rings (SSSR count). The van der Waals surface area contributed by atoms with Crippen LogP contribution in [-0.2, 0) is 16.1 Å². The smallest absolute Gasteiger partial charge is 0.338 e. The molecule has 8 nitrogen and oxygen atoms in total. The fraction of sp³-hybridized carbons (Fsp3) is 0.219. The van der Waals surface area contributed by atoms with Crippen LogP contribution in [-0.4, -0.2) is 31.4 Å². The molecule has 0 unspecified atom stereocenters. The molecule has 0 aliphatic carbocycles. The van der Waals surface area contributed by atoms with Gasteiger partial charge in [0.2, 0.25) is 0 Å². The summed E-state index contributed by atoms with van der Waals surface area (Å²) in [7, 11) is 3.08. The first kappa shape index (κ1) is 34.1. The molecule has 3 aromatic carbocycles. The first-order chi connectivity index (χ1) is 21.6. The minimum Gasteiger partial charge on any atom is -0.493 e. The molecule has 0 radical (unpaired) electrons. The van der Waals surface area contributed by atoms with Gasteiger partial charge in [-0.25, -0.2) is 9.79 Å². The number of nitrogens with zero attached hydrogens (tertiary/aromatic N) is 2. The fourth-order valence-corrected chi connectivity index (χ4v) is 8.77. The summed E-state index contributed by atoms with van der Waals surface area (Å²) in [5.41, 5.74) is 2.84. The molecule has 0 N–H and O–H groups in total. The molecule has 1 atom stereocenters. The number of ether oxygens (including phenoxy) is 4. The zero-order valence-electron chi connectivity index (χ0n) is 24.5. The number of benzene rings is 3. The summed E-state index contributed by atoms with van der Waals surface area (Å²) in [4.78, 5) is 32.8. The number of halogens is 4. The quantitative estimate of drug-likeness (QED) is 0.131. The van der Waals surface area contributed by atoms with Gasteiger partial charge >= 0.3 is 5.97 Å². The molecule has 45 heavy (non-hydrogen) atoms. The minimum absolute atomic E-state index is 0.175. The molecule has 0 amide bonds. The van der Waals surface area contributed by atoms with E-state index >= 15 is 0 Å². The Bertz CT molecular complexity index is 2010. The predicted molar refractivity (Wildman–Crippen MR) is 198 cm³/mol. The third-order valence-corrected chi connectivity index (χ3v) is 10.6. The van der Waals surface area contributed by atoms with Crippen LogP contribution in [0.2, 0.25) is 0 Å². The molecule has 1 aliphatic rings. The number of carbonyl (C=O) groups is 1. The monoisotopic (exact) mass is 978 g/mol. The standard InChI is InChI=1S/C32H26Br2I2N2O6S/c1-5-43-31(40)27-16(2)37-32-38(28(27)21-13-24(41-3)25(42-4)14-22(21)34)30(39)26(45-32)11-18-10-20(35)12-23(36)29(18)44-15-17-6-8-19(33)9-7-17/h6-14,28H,5,15H2,1-4H3/b26-11-/t28-/m0/s1. The molecule has 0 spiro atoms. The van der Waals surface area contributed by atoms with Gasteiger partial charge < -0.3 is 18.9 Å². The van der Waals surface area contributed by atoms with Crippen LogP contribution in [0.1, 0.15) is 36.6 Å². The lowest BCUT2D eigenvalue weighted by molar-refractivity contribution is -0.139. The van der Waals surface area contributed by atoms with Gasteiger partial charge in [-0.2, -0.15) is 0 Å². The van der Waals surface area contributed by atoms with Crippen molar-refractivity contribution in [2.24, 2.45) is 4.99 Å². The third kappa shape index (κ3) is 7.21. The van der Waals surface area contributed by atoms with E-state index in [2.05, 4.69) is 77.0 Å². The van der Waals surface area contributed by atoms with Gasteiger partial charge in [-0.15, -0.1) is 0 Å². The fourth-order valence-electron chi connectivity index (χ4n) is 4.88. The van der Waals surface area contributed by atoms with Crippen LogP contribution in [0.4, 0.5) is 0 Å². The van der Waals surface area contributed by atoms with Crippen LogP contribution < -0.4 is 29.1 Å². The van der Waals surface area contributed by atoms with E-state index in [1.807, 2.05) is 42.5 Å². The van der Waals surface area contributed by atoms with E-state index in [-0.39, 0.29) is 17.7 Å². The molecular weight excluding hydrogens is 954 g/mol. The van der Waals surface area contributed by atoms with Crippen LogP contribution in [0.25, 0.3) is 6.08 Å². The SMILES string of the molecule is CCOC(=O)C1=C(C)N=c2s/c(=C\c3cc(I)cc(I)c3OCc3ccc(Br)cc3)c(=O)n2[C@H]1c1cc(OC)c(OC)cc1Br. The molecule has 0 fully saturated rings. The minimum atomic E-state index is -0.833. The van der Waals surface area contributed by atoms with Crippen molar-refractivity contribution < 1.29 is 23.7 Å². The van der Waals surface area contributed by atoms with E-state index in [4.69, 9.17) is 23.9 Å². The Balaban J connectivity index is 1.69. The lowest BCUT2D eigenvalue weighted by Crippen LogP contribution is -2.40. The molecule has 234 valence electrons. The molecule has 2 heterocycles. The molecule has 0 saturated carbocycles. The zero-order valence-corrected chi connectivity index (χ0v) is 32.8. The molecule has 1 aromatic heterocycles. The van der Waals surface area contributed by atoms with Crippen molar-refractivity contribution in [3.8, 4) is 17.2 Å². The Morgan fingerprint density at radius 2 is 1.76 bits per heavy atom. The van der Waals surface area contributed by atoms with Gasteiger partial charge in [0.05, 0.1) is 46.2 Å². The molecular formula is C32H26Br2I2N2O6S. The summed E-state index contributed by atoms with van der Waals surface area (Å²) in [5.74, 6) is 1.09. The second kappa shape index (κ2) is 14.7. The largest absolute Gasteiger partial charge is 0.493 e. The summed E-state index contributed by atoms with van der Waals surface area (Å²) >= 11 is 12.9. The van der Waals surface area contributed by atoms with Crippen molar-refractivity contribution >= 4 is 100 Å². The van der Waals surface area contributed by atoms with Crippen LogP contribution in [0.3, 0.4) is 0 Å².